The third kappa shape index (κ3) is 10.6. The third-order valence-electron chi connectivity index (χ3n) is 9.39. The Kier molecular flexibility index (Phi) is 15.1. The molecular formula is C45H52Cl2Zr. The average Bonchev–Trinajstić information content (AvgIpc) is 3.74. The van der Waals surface area contributed by atoms with Crippen LogP contribution in [0.1, 0.15) is 113 Å². The molecule has 0 N–H and O–H groups in total. The molecule has 0 unspecified atom stereocenters. The van der Waals surface area contributed by atoms with Crippen molar-refractivity contribution in [2.45, 2.75) is 97.3 Å². The molecule has 0 nitrogen and oxygen atoms in total. The summed E-state index contributed by atoms with van der Waals surface area (Å²) in [6.07, 6.45) is 17.1. The van der Waals surface area contributed by atoms with Crippen LogP contribution in [0, 0.1) is 18.1 Å². The van der Waals surface area contributed by atoms with E-state index >= 15 is 0 Å². The molecule has 0 aliphatic heterocycles. The van der Waals surface area contributed by atoms with E-state index in [1.807, 2.05) is 0 Å². The topological polar surface area (TPSA) is 0 Å². The summed E-state index contributed by atoms with van der Waals surface area (Å²) in [5.74, 6) is 0.888. The average molecular weight is 755 g/mol. The van der Waals surface area contributed by atoms with Crippen LogP contribution >= 0.6 is 24.8 Å². The minimum atomic E-state index is 0. The molecule has 1 fully saturated rings. The standard InChI is InChI=1S/C21H25.C13H10.C11H15.2ClH.Zr/c1-20(2,3)16-7-9-18-14(12-16)11-15-13-17(21(4,5)6)8-10-19(15)18;1-3-7-12(8-4-1)11-13-9-5-2-6-10-13;1-2-6-10(7-3-1)11-8-4-5-9-11;;;/h7-10,12H,11H2,1-6H3;1-10H;8-10H,1-4,6-7H2;2*1H;/q-1;;-1;;;+2. The van der Waals surface area contributed by atoms with Gasteiger partial charge in [-0.2, -0.15) is 35.4 Å². The van der Waals surface area contributed by atoms with E-state index in [9.17, 15) is 0 Å². The molecule has 3 heteroatoms. The minimum absolute atomic E-state index is 0. The maximum atomic E-state index is 3.67. The van der Waals surface area contributed by atoms with Crippen molar-refractivity contribution in [2.24, 2.45) is 5.92 Å². The Balaban J connectivity index is 0.000000202. The number of halogens is 2. The molecule has 0 bridgehead atoms. The van der Waals surface area contributed by atoms with Gasteiger partial charge in [0.1, 0.15) is 0 Å². The van der Waals surface area contributed by atoms with E-state index in [4.69, 9.17) is 0 Å². The van der Waals surface area contributed by atoms with E-state index in [2.05, 4.69) is 157 Å². The number of hydrogen-bond acceptors (Lipinski definition) is 0. The monoisotopic (exact) mass is 752 g/mol. The maximum absolute atomic E-state index is 3.67. The van der Waals surface area contributed by atoms with Crippen LogP contribution in [0.3, 0.4) is 0 Å². The summed E-state index contributed by atoms with van der Waals surface area (Å²) in [6, 6.07) is 36.3. The molecule has 3 aliphatic carbocycles. The van der Waals surface area contributed by atoms with Crippen molar-refractivity contribution < 1.29 is 24.2 Å². The van der Waals surface area contributed by atoms with Gasteiger partial charge >= 0.3 is 99.2 Å². The summed E-state index contributed by atoms with van der Waals surface area (Å²) < 4.78 is 1.42. The van der Waals surface area contributed by atoms with Gasteiger partial charge in [-0.15, -0.1) is 42.4 Å². The van der Waals surface area contributed by atoms with E-state index in [1.54, 1.807) is 5.57 Å². The van der Waals surface area contributed by atoms with Crippen LogP contribution in [0.4, 0.5) is 0 Å². The first kappa shape index (κ1) is 40.1. The molecule has 0 radical (unpaired) electrons. The number of benzene rings is 4. The van der Waals surface area contributed by atoms with Gasteiger partial charge in [-0.05, 0) is 28.4 Å². The van der Waals surface area contributed by atoms with Crippen LogP contribution < -0.4 is 0 Å². The first-order valence-corrected chi connectivity index (χ1v) is 18.4. The van der Waals surface area contributed by atoms with Crippen LogP contribution in [0.25, 0.3) is 11.1 Å². The van der Waals surface area contributed by atoms with Crippen molar-refractivity contribution in [2.75, 3.05) is 0 Å². The Morgan fingerprint density at radius 1 is 0.688 bits per heavy atom. The fourth-order valence-corrected chi connectivity index (χ4v) is 7.36. The second-order valence-electron chi connectivity index (χ2n) is 15.0. The van der Waals surface area contributed by atoms with Crippen molar-refractivity contribution in [3.05, 3.63) is 154 Å². The molecule has 0 aromatic heterocycles. The quantitative estimate of drug-likeness (QED) is 0.161. The van der Waals surface area contributed by atoms with Gasteiger partial charge in [0.15, 0.2) is 0 Å². The first-order valence-electron chi connectivity index (χ1n) is 17.2. The second-order valence-corrected chi connectivity index (χ2v) is 16.2. The Hall–Kier alpha value is -2.31. The zero-order valence-corrected chi connectivity index (χ0v) is 33.7. The van der Waals surface area contributed by atoms with Crippen molar-refractivity contribution in [1.29, 1.82) is 0 Å². The van der Waals surface area contributed by atoms with Gasteiger partial charge in [-0.3, -0.25) is 6.08 Å². The molecule has 4 aromatic carbocycles. The SMILES string of the molecule is CC(C)(C)c1[c-]c2c(cc1)-c1ccc(C(C)(C)C)cc1C2.Cl.Cl.[C-]1=CC(C2CCCCC2)=CC1.[Zr+2]=[C](c1ccccc1)c1ccccc1. The summed E-state index contributed by atoms with van der Waals surface area (Å²) in [4.78, 5) is 0. The molecule has 0 heterocycles. The summed E-state index contributed by atoms with van der Waals surface area (Å²) in [5, 5.41) is 0. The predicted molar refractivity (Wildman–Crippen MR) is 209 cm³/mol. The second kappa shape index (κ2) is 18.1. The van der Waals surface area contributed by atoms with Crippen molar-refractivity contribution >= 4 is 28.0 Å². The molecule has 0 spiro atoms. The Labute approximate surface area is 318 Å². The van der Waals surface area contributed by atoms with Gasteiger partial charge in [-0.25, -0.2) is 6.08 Å². The van der Waals surface area contributed by atoms with Gasteiger partial charge in [0.25, 0.3) is 0 Å². The number of allylic oxidation sites excluding steroid dienone is 4. The first-order chi connectivity index (χ1) is 22.0. The molecule has 7 rings (SSSR count). The van der Waals surface area contributed by atoms with Gasteiger partial charge in [0.2, 0.25) is 0 Å². The van der Waals surface area contributed by atoms with Crippen molar-refractivity contribution in [1.82, 2.24) is 0 Å². The number of hydrogen-bond donors (Lipinski definition) is 0. The van der Waals surface area contributed by atoms with Crippen LogP contribution in [0.2, 0.25) is 0 Å². The molecule has 4 aromatic rings. The van der Waals surface area contributed by atoms with Gasteiger partial charge in [-0.1, -0.05) is 103 Å². The predicted octanol–water partition coefficient (Wildman–Crippen LogP) is 12.6. The normalized spacial score (nSPS) is 14.9. The van der Waals surface area contributed by atoms with E-state index in [-0.39, 0.29) is 35.6 Å². The fourth-order valence-electron chi connectivity index (χ4n) is 6.54. The molecular weight excluding hydrogens is 703 g/mol. The number of fused-ring (bicyclic) bond motifs is 3. The molecule has 1 saturated carbocycles. The molecule has 48 heavy (non-hydrogen) atoms. The molecule has 0 saturated heterocycles. The van der Waals surface area contributed by atoms with E-state index < -0.39 is 0 Å². The van der Waals surface area contributed by atoms with Crippen LogP contribution in [0.5, 0.6) is 0 Å². The fraction of sp³-hybridized carbons (Fsp3) is 0.356. The third-order valence-corrected chi connectivity index (χ3v) is 10.8. The van der Waals surface area contributed by atoms with Crippen molar-refractivity contribution in [3.8, 4) is 11.1 Å². The zero-order chi connectivity index (χ0) is 32.7. The number of rotatable bonds is 3. The molecule has 0 atom stereocenters. The zero-order valence-electron chi connectivity index (χ0n) is 29.7. The van der Waals surface area contributed by atoms with E-state index in [0.717, 1.165) is 18.8 Å². The van der Waals surface area contributed by atoms with Gasteiger partial charge in [0, 0.05) is 0 Å². The summed E-state index contributed by atoms with van der Waals surface area (Å²) in [5.41, 5.74) is 12.9. The van der Waals surface area contributed by atoms with Crippen LogP contribution in [-0.4, -0.2) is 3.21 Å². The molecule has 0 amide bonds. The van der Waals surface area contributed by atoms with Crippen LogP contribution in [-0.2, 0) is 41.5 Å². The van der Waals surface area contributed by atoms with Gasteiger partial charge < -0.3 is 0 Å². The Morgan fingerprint density at radius 2 is 1.27 bits per heavy atom. The van der Waals surface area contributed by atoms with Crippen LogP contribution in [0.15, 0.2) is 109 Å². The van der Waals surface area contributed by atoms with E-state index in [1.165, 1.54) is 104 Å². The molecule has 3 aliphatic rings. The van der Waals surface area contributed by atoms with E-state index in [0.29, 0.717) is 0 Å². The summed E-state index contributed by atoms with van der Waals surface area (Å²) in [6.45, 7) is 13.6. The van der Waals surface area contributed by atoms with Gasteiger partial charge in [0.05, 0.1) is 0 Å². The Bertz CT molecular complexity index is 1580. The molecule has 250 valence electrons. The Morgan fingerprint density at radius 3 is 1.79 bits per heavy atom. The summed E-state index contributed by atoms with van der Waals surface area (Å²) in [7, 11) is 0. The summed E-state index contributed by atoms with van der Waals surface area (Å²) >= 11 is 1.46. The van der Waals surface area contributed by atoms with Crippen molar-refractivity contribution in [3.63, 3.8) is 0 Å².